The van der Waals surface area contributed by atoms with Crippen LogP contribution in [-0.4, -0.2) is 31.7 Å². The first kappa shape index (κ1) is 16.9. The van der Waals surface area contributed by atoms with Crippen LogP contribution in [0.5, 0.6) is 0 Å². The molecule has 0 saturated carbocycles. The van der Waals surface area contributed by atoms with Crippen molar-refractivity contribution in [2.24, 2.45) is 0 Å². The van der Waals surface area contributed by atoms with Gasteiger partial charge in [-0.3, -0.25) is 0 Å². The van der Waals surface area contributed by atoms with E-state index in [0.29, 0.717) is 5.82 Å². The summed E-state index contributed by atoms with van der Waals surface area (Å²) in [6.45, 7) is 7.04. The Kier molecular flexibility index (Phi) is 4.56. The first-order chi connectivity index (χ1) is 11.4. The summed E-state index contributed by atoms with van der Waals surface area (Å²) in [7, 11) is 0. The Hall–Kier alpha value is -1.99. The van der Waals surface area contributed by atoms with Crippen LogP contribution in [0.25, 0.3) is 22.3 Å². The molecular formula is C17H21BrN6. The summed E-state index contributed by atoms with van der Waals surface area (Å²) in [5, 5.41) is 8.96. The predicted molar refractivity (Wildman–Crippen MR) is 101 cm³/mol. The number of halogens is 1. The van der Waals surface area contributed by atoms with E-state index in [0.717, 1.165) is 34.3 Å². The highest BCUT2D eigenvalue weighted by Gasteiger charge is 2.27. The van der Waals surface area contributed by atoms with E-state index in [1.165, 1.54) is 11.9 Å². The Labute approximate surface area is 149 Å². The zero-order chi connectivity index (χ0) is 17.3. The molecule has 0 bridgehead atoms. The number of nitrogens with two attached hydrogens (primary N) is 1. The molecule has 0 radical (unpaired) electrons. The quantitative estimate of drug-likeness (QED) is 0.518. The van der Waals surface area contributed by atoms with Crippen molar-refractivity contribution >= 4 is 32.8 Å². The molecule has 0 aliphatic carbocycles. The Balaban J connectivity index is 2.22. The summed E-state index contributed by atoms with van der Waals surface area (Å²) in [6, 6.07) is 8.24. The highest BCUT2D eigenvalue weighted by Crippen LogP contribution is 2.32. The number of anilines is 1. The zero-order valence-corrected chi connectivity index (χ0v) is 15.6. The molecule has 0 atom stereocenters. The number of nitrogen functional groups attached to an aromatic ring is 1. The number of alkyl halides is 1. The van der Waals surface area contributed by atoms with E-state index in [1.54, 1.807) is 0 Å². The Morgan fingerprint density at radius 3 is 2.58 bits per heavy atom. The Morgan fingerprint density at radius 2 is 1.92 bits per heavy atom. The summed E-state index contributed by atoms with van der Waals surface area (Å²) >= 11 is 3.40. The number of aryl methyl sites for hydroxylation is 1. The largest absolute Gasteiger partial charge is 0.383 e. The van der Waals surface area contributed by atoms with Crippen molar-refractivity contribution in [3.63, 3.8) is 0 Å². The van der Waals surface area contributed by atoms with E-state index in [2.05, 4.69) is 76.3 Å². The number of fused-ring (bicyclic) bond motifs is 1. The maximum atomic E-state index is 6.15. The molecule has 2 heterocycles. The van der Waals surface area contributed by atoms with Crippen LogP contribution in [0, 0.1) is 6.92 Å². The van der Waals surface area contributed by atoms with E-state index in [9.17, 15) is 0 Å². The fraction of sp³-hybridized carbons (Fsp3) is 0.353. The second kappa shape index (κ2) is 6.49. The smallest absolute Gasteiger partial charge is 0.164 e. The number of nitrogens with zero attached hydrogens (tertiary/aromatic N) is 4. The molecule has 6 nitrogen and oxygen atoms in total. The fourth-order valence-electron chi connectivity index (χ4n) is 2.74. The van der Waals surface area contributed by atoms with Crippen LogP contribution in [-0.2, 0) is 5.54 Å². The minimum absolute atomic E-state index is 0.268. The predicted octanol–water partition coefficient (Wildman–Crippen LogP) is 3.06. The third kappa shape index (κ3) is 3.01. The van der Waals surface area contributed by atoms with Gasteiger partial charge in [-0.15, -0.1) is 0 Å². The van der Waals surface area contributed by atoms with Crippen molar-refractivity contribution < 1.29 is 0 Å². The number of rotatable bonds is 5. The van der Waals surface area contributed by atoms with Gasteiger partial charge in [0.05, 0.1) is 16.4 Å². The normalized spacial score (nSPS) is 12.0. The number of nitrogens with one attached hydrogen (secondary N) is 1. The van der Waals surface area contributed by atoms with Gasteiger partial charge in [0, 0.05) is 12.1 Å². The minimum atomic E-state index is -0.268. The van der Waals surface area contributed by atoms with Gasteiger partial charge >= 0.3 is 0 Å². The van der Waals surface area contributed by atoms with E-state index >= 15 is 0 Å². The van der Waals surface area contributed by atoms with Crippen LogP contribution in [0.3, 0.4) is 0 Å². The lowest BCUT2D eigenvalue weighted by Crippen LogP contribution is -2.38. The second-order valence-corrected chi connectivity index (χ2v) is 7.02. The lowest BCUT2D eigenvalue weighted by molar-refractivity contribution is 0.318. The summed E-state index contributed by atoms with van der Waals surface area (Å²) < 4.78 is 1.94. The summed E-state index contributed by atoms with van der Waals surface area (Å²) in [6.07, 6.45) is 1.49. The van der Waals surface area contributed by atoms with Gasteiger partial charge in [0.15, 0.2) is 5.65 Å². The summed E-state index contributed by atoms with van der Waals surface area (Å²) in [5.41, 5.74) is 10.4. The van der Waals surface area contributed by atoms with Crippen LogP contribution in [0.15, 0.2) is 30.6 Å². The Morgan fingerprint density at radius 1 is 1.21 bits per heavy atom. The lowest BCUT2D eigenvalue weighted by atomic mass is 10.1. The monoisotopic (exact) mass is 388 g/mol. The SMILES string of the molecule is Cc1ccc(-c2nn(C(C)(C)CNCBr)c3ncnc(N)c23)cc1. The highest BCUT2D eigenvalue weighted by atomic mass is 79.9. The van der Waals surface area contributed by atoms with E-state index in [4.69, 9.17) is 10.8 Å². The molecule has 126 valence electrons. The van der Waals surface area contributed by atoms with Crippen molar-refractivity contribution in [1.29, 1.82) is 0 Å². The molecule has 24 heavy (non-hydrogen) atoms. The molecule has 3 aromatic rings. The third-order valence-corrected chi connectivity index (χ3v) is 4.44. The number of hydrogen-bond acceptors (Lipinski definition) is 5. The standard InChI is InChI=1S/C17H21BrN6/c1-11-4-6-12(7-5-11)14-13-15(19)21-10-22-16(13)24(23-14)17(2,3)8-20-9-18/h4-7,10,20H,8-9H2,1-3H3,(H2,19,21,22). The molecule has 0 saturated heterocycles. The summed E-state index contributed by atoms with van der Waals surface area (Å²) in [5.74, 6) is 0.450. The molecule has 0 spiro atoms. The van der Waals surface area contributed by atoms with E-state index in [1.807, 2.05) is 4.68 Å². The average molecular weight is 389 g/mol. The van der Waals surface area contributed by atoms with Crippen molar-refractivity contribution in [1.82, 2.24) is 25.1 Å². The van der Waals surface area contributed by atoms with Gasteiger partial charge < -0.3 is 11.1 Å². The van der Waals surface area contributed by atoms with Gasteiger partial charge in [-0.25, -0.2) is 14.6 Å². The molecule has 0 unspecified atom stereocenters. The first-order valence-corrected chi connectivity index (χ1v) is 8.89. The molecular weight excluding hydrogens is 368 g/mol. The van der Waals surface area contributed by atoms with Crippen LogP contribution < -0.4 is 11.1 Å². The van der Waals surface area contributed by atoms with Crippen molar-refractivity contribution in [3.05, 3.63) is 36.2 Å². The third-order valence-electron chi connectivity index (χ3n) is 4.04. The topological polar surface area (TPSA) is 81.7 Å². The number of benzene rings is 1. The molecule has 1 aromatic carbocycles. The molecule has 0 aliphatic heterocycles. The van der Waals surface area contributed by atoms with Gasteiger partial charge in [0.2, 0.25) is 0 Å². The first-order valence-electron chi connectivity index (χ1n) is 7.77. The molecule has 0 amide bonds. The van der Waals surface area contributed by atoms with Gasteiger partial charge in [-0.1, -0.05) is 45.8 Å². The maximum absolute atomic E-state index is 6.15. The van der Waals surface area contributed by atoms with Crippen LogP contribution >= 0.6 is 15.9 Å². The molecule has 3 N–H and O–H groups in total. The lowest BCUT2D eigenvalue weighted by Gasteiger charge is -2.25. The van der Waals surface area contributed by atoms with E-state index in [-0.39, 0.29) is 5.54 Å². The minimum Gasteiger partial charge on any atom is -0.383 e. The fourth-order valence-corrected chi connectivity index (χ4v) is 2.94. The van der Waals surface area contributed by atoms with Crippen molar-refractivity contribution in [2.75, 3.05) is 17.7 Å². The van der Waals surface area contributed by atoms with Crippen LogP contribution in [0.2, 0.25) is 0 Å². The molecule has 0 fully saturated rings. The van der Waals surface area contributed by atoms with Crippen molar-refractivity contribution in [2.45, 2.75) is 26.3 Å². The summed E-state index contributed by atoms with van der Waals surface area (Å²) in [4.78, 5) is 8.61. The van der Waals surface area contributed by atoms with Gasteiger partial charge in [-0.2, -0.15) is 5.10 Å². The molecule has 3 rings (SSSR count). The Bertz CT molecular complexity index is 853. The zero-order valence-electron chi connectivity index (χ0n) is 14.0. The van der Waals surface area contributed by atoms with Gasteiger partial charge in [0.1, 0.15) is 17.8 Å². The molecule has 0 aliphatic rings. The van der Waals surface area contributed by atoms with Crippen molar-refractivity contribution in [3.8, 4) is 11.3 Å². The number of aromatic nitrogens is 4. The van der Waals surface area contributed by atoms with Gasteiger partial charge in [-0.05, 0) is 20.8 Å². The van der Waals surface area contributed by atoms with Crippen LogP contribution in [0.4, 0.5) is 5.82 Å². The van der Waals surface area contributed by atoms with Crippen LogP contribution in [0.1, 0.15) is 19.4 Å². The number of hydrogen-bond donors (Lipinski definition) is 2. The second-order valence-electron chi connectivity index (χ2n) is 6.46. The average Bonchev–Trinajstić information content (AvgIpc) is 2.96. The maximum Gasteiger partial charge on any atom is 0.164 e. The van der Waals surface area contributed by atoms with Gasteiger partial charge in [0.25, 0.3) is 0 Å². The van der Waals surface area contributed by atoms with E-state index < -0.39 is 0 Å². The molecule has 7 heteroatoms. The molecule has 2 aromatic heterocycles. The highest BCUT2D eigenvalue weighted by molar-refractivity contribution is 9.09.